The number of piperidine rings is 1. The number of hydrogen-bond donors (Lipinski definition) is 1. The third-order valence-corrected chi connectivity index (χ3v) is 6.89. The third-order valence-electron chi connectivity index (χ3n) is 6.89. The maximum absolute atomic E-state index is 12.9. The number of rotatable bonds is 3. The molecule has 5 unspecified atom stereocenters. The number of carbonyl (C=O) groups excluding carboxylic acids is 1. The van der Waals surface area contributed by atoms with E-state index in [4.69, 9.17) is 5.11 Å². The van der Waals surface area contributed by atoms with Crippen LogP contribution in [0.25, 0.3) is 0 Å². The quantitative estimate of drug-likeness (QED) is 0.906. The third kappa shape index (κ3) is 2.09. The minimum absolute atomic E-state index is 0.0190. The van der Waals surface area contributed by atoms with E-state index in [0.29, 0.717) is 11.8 Å². The molecule has 5 atom stereocenters. The Morgan fingerprint density at radius 2 is 1.88 bits per heavy atom. The highest BCUT2D eigenvalue weighted by Crippen LogP contribution is 2.67. The molecular formula is C17H22N4O3. The van der Waals surface area contributed by atoms with Crippen LogP contribution in [0.3, 0.4) is 0 Å². The lowest BCUT2D eigenvalue weighted by Gasteiger charge is -2.35. The maximum atomic E-state index is 12.9. The summed E-state index contributed by atoms with van der Waals surface area (Å²) in [6.45, 7) is 1.49. The van der Waals surface area contributed by atoms with Crippen LogP contribution in [-0.4, -0.2) is 50.0 Å². The normalized spacial score (nSPS) is 37.5. The van der Waals surface area contributed by atoms with Crippen LogP contribution in [0.4, 0.5) is 0 Å². The van der Waals surface area contributed by atoms with Gasteiger partial charge in [0.25, 0.3) is 0 Å². The standard InChI is InChI=1S/C17H22N4O3/c22-16(14-6-9-5-12(14)13-7-11(9)13)20-3-1-10(2-4-20)21-8-15(17(23)24)18-19-21/h8-14H,1-7H2,(H,23,24). The Bertz CT molecular complexity index is 694. The van der Waals surface area contributed by atoms with Crippen molar-refractivity contribution >= 4 is 11.9 Å². The number of amides is 1. The number of nitrogens with zero attached hydrogens (tertiary/aromatic N) is 4. The molecule has 128 valence electrons. The molecule has 1 aromatic heterocycles. The number of carboxylic acid groups (broad SMARTS) is 1. The van der Waals surface area contributed by atoms with E-state index in [0.717, 1.165) is 50.1 Å². The predicted molar refractivity (Wildman–Crippen MR) is 83.1 cm³/mol. The van der Waals surface area contributed by atoms with Crippen molar-refractivity contribution in [3.63, 3.8) is 0 Å². The Morgan fingerprint density at radius 1 is 1.08 bits per heavy atom. The zero-order chi connectivity index (χ0) is 16.4. The van der Waals surface area contributed by atoms with Gasteiger partial charge in [-0.25, -0.2) is 9.48 Å². The van der Waals surface area contributed by atoms with Gasteiger partial charge in [0.05, 0.1) is 12.2 Å². The van der Waals surface area contributed by atoms with E-state index in [2.05, 4.69) is 10.3 Å². The summed E-state index contributed by atoms with van der Waals surface area (Å²) < 4.78 is 1.65. The molecule has 0 spiro atoms. The molecule has 7 heteroatoms. The number of hydrogen-bond acceptors (Lipinski definition) is 4. The Balaban J connectivity index is 1.21. The van der Waals surface area contributed by atoms with E-state index in [1.807, 2.05) is 4.90 Å². The molecule has 0 radical (unpaired) electrons. The predicted octanol–water partition coefficient (Wildman–Crippen LogP) is 1.43. The number of carboxylic acids is 1. The van der Waals surface area contributed by atoms with Crippen LogP contribution in [-0.2, 0) is 4.79 Å². The number of aromatic nitrogens is 3. The molecule has 2 bridgehead atoms. The van der Waals surface area contributed by atoms with Crippen LogP contribution in [0, 0.1) is 29.6 Å². The first kappa shape index (κ1) is 14.4. The van der Waals surface area contributed by atoms with Gasteiger partial charge in [-0.1, -0.05) is 5.21 Å². The molecule has 1 aromatic rings. The average molecular weight is 330 g/mol. The molecular weight excluding hydrogens is 308 g/mol. The molecule has 1 N–H and O–H groups in total. The van der Waals surface area contributed by atoms with Crippen LogP contribution in [0.2, 0.25) is 0 Å². The lowest BCUT2D eigenvalue weighted by atomic mass is 9.87. The molecule has 4 aliphatic rings. The van der Waals surface area contributed by atoms with Crippen molar-refractivity contribution in [2.75, 3.05) is 13.1 Å². The van der Waals surface area contributed by atoms with Crippen LogP contribution >= 0.6 is 0 Å². The summed E-state index contributed by atoms with van der Waals surface area (Å²) in [4.78, 5) is 25.8. The second-order valence-electron chi connectivity index (χ2n) is 8.01. The number of aromatic carboxylic acids is 1. The minimum Gasteiger partial charge on any atom is -0.476 e. The fraction of sp³-hybridized carbons (Fsp3) is 0.765. The molecule has 1 saturated heterocycles. The van der Waals surface area contributed by atoms with Crippen molar-refractivity contribution in [1.29, 1.82) is 0 Å². The van der Waals surface area contributed by atoms with Gasteiger partial charge in [0.1, 0.15) is 0 Å². The summed E-state index contributed by atoms with van der Waals surface area (Å²) in [6.07, 6.45) is 6.92. The van der Waals surface area contributed by atoms with Crippen molar-refractivity contribution in [2.24, 2.45) is 29.6 Å². The van der Waals surface area contributed by atoms with Gasteiger partial charge >= 0.3 is 5.97 Å². The highest BCUT2D eigenvalue weighted by atomic mass is 16.4. The molecule has 5 rings (SSSR count). The Morgan fingerprint density at radius 3 is 2.50 bits per heavy atom. The smallest absolute Gasteiger partial charge is 0.358 e. The topological polar surface area (TPSA) is 88.3 Å². The molecule has 1 amide bonds. The first-order valence-electron chi connectivity index (χ1n) is 9.05. The zero-order valence-corrected chi connectivity index (χ0v) is 13.5. The molecule has 24 heavy (non-hydrogen) atoms. The fourth-order valence-electron chi connectivity index (χ4n) is 5.63. The lowest BCUT2D eigenvalue weighted by Crippen LogP contribution is -2.43. The Kier molecular flexibility index (Phi) is 3.03. The summed E-state index contributed by atoms with van der Waals surface area (Å²) in [7, 11) is 0. The van der Waals surface area contributed by atoms with Gasteiger partial charge in [-0.05, 0) is 55.8 Å². The summed E-state index contributed by atoms with van der Waals surface area (Å²) in [5, 5.41) is 16.6. The van der Waals surface area contributed by atoms with Crippen molar-refractivity contribution in [3.05, 3.63) is 11.9 Å². The van der Waals surface area contributed by atoms with Gasteiger partial charge < -0.3 is 10.0 Å². The van der Waals surface area contributed by atoms with Gasteiger partial charge in [0.15, 0.2) is 5.69 Å². The van der Waals surface area contributed by atoms with E-state index < -0.39 is 5.97 Å². The molecule has 3 aliphatic carbocycles. The number of carbonyl (C=O) groups is 2. The Labute approximate surface area is 140 Å². The maximum Gasteiger partial charge on any atom is 0.358 e. The van der Waals surface area contributed by atoms with E-state index in [-0.39, 0.29) is 17.7 Å². The summed E-state index contributed by atoms with van der Waals surface area (Å²) in [5.74, 6) is 2.91. The van der Waals surface area contributed by atoms with Crippen LogP contribution in [0.1, 0.15) is 48.6 Å². The molecule has 2 heterocycles. The largest absolute Gasteiger partial charge is 0.476 e. The first-order valence-corrected chi connectivity index (χ1v) is 9.05. The van der Waals surface area contributed by atoms with E-state index in [9.17, 15) is 9.59 Å². The van der Waals surface area contributed by atoms with E-state index in [1.165, 1.54) is 19.0 Å². The SMILES string of the molecule is O=C(O)c1cn(C2CCN(C(=O)C3CC4CC3C3CC43)CC2)nn1. The van der Waals surface area contributed by atoms with Gasteiger partial charge in [-0.15, -0.1) is 5.10 Å². The van der Waals surface area contributed by atoms with Crippen LogP contribution in [0.5, 0.6) is 0 Å². The van der Waals surface area contributed by atoms with Crippen molar-refractivity contribution < 1.29 is 14.7 Å². The highest BCUT2D eigenvalue weighted by molar-refractivity contribution is 5.84. The van der Waals surface area contributed by atoms with E-state index in [1.54, 1.807) is 4.68 Å². The van der Waals surface area contributed by atoms with Crippen molar-refractivity contribution in [3.8, 4) is 0 Å². The fourth-order valence-corrected chi connectivity index (χ4v) is 5.63. The first-order chi connectivity index (χ1) is 11.6. The highest BCUT2D eigenvalue weighted by Gasteiger charge is 2.62. The second-order valence-corrected chi connectivity index (χ2v) is 8.01. The number of likely N-dealkylation sites (tertiary alicyclic amines) is 1. The summed E-state index contributed by atoms with van der Waals surface area (Å²) >= 11 is 0. The molecule has 3 saturated carbocycles. The van der Waals surface area contributed by atoms with Gasteiger partial charge in [-0.2, -0.15) is 0 Å². The molecule has 0 aromatic carbocycles. The Hall–Kier alpha value is -1.92. The molecule has 7 nitrogen and oxygen atoms in total. The summed E-state index contributed by atoms with van der Waals surface area (Å²) in [5.41, 5.74) is -0.0190. The number of fused-ring (bicyclic) bond motifs is 5. The van der Waals surface area contributed by atoms with Crippen molar-refractivity contribution in [2.45, 2.75) is 38.1 Å². The van der Waals surface area contributed by atoms with Crippen LogP contribution in [0.15, 0.2) is 6.20 Å². The monoisotopic (exact) mass is 330 g/mol. The minimum atomic E-state index is -1.05. The molecule has 1 aliphatic heterocycles. The average Bonchev–Trinajstić information content (AvgIpc) is 2.98. The van der Waals surface area contributed by atoms with E-state index >= 15 is 0 Å². The van der Waals surface area contributed by atoms with Gasteiger partial charge in [-0.3, -0.25) is 4.79 Å². The lowest BCUT2D eigenvalue weighted by molar-refractivity contribution is -0.138. The summed E-state index contributed by atoms with van der Waals surface area (Å²) in [6, 6.07) is 0.141. The van der Waals surface area contributed by atoms with Gasteiger partial charge in [0, 0.05) is 19.0 Å². The van der Waals surface area contributed by atoms with Crippen LogP contribution < -0.4 is 0 Å². The van der Waals surface area contributed by atoms with Crippen molar-refractivity contribution in [1.82, 2.24) is 19.9 Å². The zero-order valence-electron chi connectivity index (χ0n) is 13.5. The van der Waals surface area contributed by atoms with Gasteiger partial charge in [0.2, 0.25) is 5.91 Å². The molecule has 4 fully saturated rings. The second kappa shape index (κ2) is 5.04.